The van der Waals surface area contributed by atoms with Crippen molar-refractivity contribution in [3.05, 3.63) is 72.2 Å². The molecule has 4 heteroatoms. The fraction of sp³-hybridized carbons (Fsp3) is 0.346. The van der Waals surface area contributed by atoms with E-state index < -0.39 is 5.54 Å². The zero-order valence-corrected chi connectivity index (χ0v) is 17.9. The van der Waals surface area contributed by atoms with Gasteiger partial charge in [-0.3, -0.25) is 14.8 Å². The summed E-state index contributed by atoms with van der Waals surface area (Å²) in [6.07, 6.45) is 4.69. The number of nitrogens with zero attached hydrogens (tertiary/aromatic N) is 2. The van der Waals surface area contributed by atoms with Gasteiger partial charge in [-0.1, -0.05) is 50.2 Å². The Bertz CT molecular complexity index is 1120. The molecular weight excluding hydrogens is 370 g/mol. The summed E-state index contributed by atoms with van der Waals surface area (Å²) in [4.78, 5) is 21.7. The summed E-state index contributed by atoms with van der Waals surface area (Å²) in [6.45, 7) is 8.40. The second-order valence-electron chi connectivity index (χ2n) is 9.51. The average Bonchev–Trinajstić information content (AvgIpc) is 3.27. The Labute approximate surface area is 177 Å². The predicted octanol–water partition coefficient (Wildman–Crippen LogP) is 5.31. The maximum absolute atomic E-state index is 12.1. The molecule has 0 aliphatic heterocycles. The maximum atomic E-state index is 12.1. The van der Waals surface area contributed by atoms with E-state index in [0.717, 1.165) is 23.4 Å². The van der Waals surface area contributed by atoms with E-state index in [1.165, 1.54) is 16.7 Å². The molecule has 1 aromatic carbocycles. The first-order valence-electron chi connectivity index (χ1n) is 10.6. The second-order valence-corrected chi connectivity index (χ2v) is 9.51. The highest BCUT2D eigenvalue weighted by atomic mass is 16.1. The molecule has 3 atom stereocenters. The van der Waals surface area contributed by atoms with Gasteiger partial charge in [0.25, 0.3) is 0 Å². The summed E-state index contributed by atoms with van der Waals surface area (Å²) in [5, 5.41) is 3.23. The van der Waals surface area contributed by atoms with Crippen LogP contribution in [0.4, 0.5) is 0 Å². The predicted molar refractivity (Wildman–Crippen MR) is 119 cm³/mol. The minimum absolute atomic E-state index is 0.0165. The van der Waals surface area contributed by atoms with Crippen molar-refractivity contribution in [3.63, 3.8) is 0 Å². The lowest BCUT2D eigenvalue weighted by Crippen LogP contribution is -2.45. The van der Waals surface area contributed by atoms with Gasteiger partial charge >= 0.3 is 0 Å². The molecule has 2 aliphatic rings. The Hall–Kier alpha value is -3.01. The Morgan fingerprint density at radius 3 is 2.43 bits per heavy atom. The third-order valence-corrected chi connectivity index (χ3v) is 7.08. The number of pyridine rings is 2. The summed E-state index contributed by atoms with van der Waals surface area (Å²) in [7, 11) is 0. The fourth-order valence-corrected chi connectivity index (χ4v) is 5.63. The molecule has 0 radical (unpaired) electrons. The highest BCUT2D eigenvalue weighted by molar-refractivity contribution is 5.86. The lowest BCUT2D eigenvalue weighted by Gasteiger charge is -2.36. The van der Waals surface area contributed by atoms with E-state index in [-0.39, 0.29) is 11.3 Å². The van der Waals surface area contributed by atoms with E-state index in [4.69, 9.17) is 4.98 Å². The van der Waals surface area contributed by atoms with E-state index in [1.54, 1.807) is 6.92 Å². The highest BCUT2D eigenvalue weighted by Gasteiger charge is 2.65. The number of amides is 1. The highest BCUT2D eigenvalue weighted by Crippen LogP contribution is 2.72. The first kappa shape index (κ1) is 19.0. The summed E-state index contributed by atoms with van der Waals surface area (Å²) in [6, 6.07) is 16.5. The summed E-state index contributed by atoms with van der Waals surface area (Å²) >= 11 is 0. The van der Waals surface area contributed by atoms with Crippen LogP contribution in [0.1, 0.15) is 51.3 Å². The maximum Gasteiger partial charge on any atom is 0.217 e. The molecule has 0 saturated heterocycles. The zero-order chi connectivity index (χ0) is 21.1. The van der Waals surface area contributed by atoms with Gasteiger partial charge in [0, 0.05) is 24.9 Å². The van der Waals surface area contributed by atoms with Crippen molar-refractivity contribution in [3.8, 4) is 22.4 Å². The van der Waals surface area contributed by atoms with Crippen molar-refractivity contribution < 1.29 is 4.79 Å². The molecule has 3 aromatic rings. The van der Waals surface area contributed by atoms with Crippen LogP contribution in [0, 0.1) is 11.3 Å². The monoisotopic (exact) mass is 397 g/mol. The molecule has 2 aromatic heterocycles. The molecular formula is C26H27N3O. The van der Waals surface area contributed by atoms with Crippen molar-refractivity contribution in [1.29, 1.82) is 0 Å². The van der Waals surface area contributed by atoms with Gasteiger partial charge in [0.2, 0.25) is 5.91 Å². The largest absolute Gasteiger partial charge is 0.346 e. The second kappa shape index (κ2) is 6.49. The quantitative estimate of drug-likeness (QED) is 0.652. The summed E-state index contributed by atoms with van der Waals surface area (Å²) in [5.41, 5.74) is 6.34. The Kier molecular flexibility index (Phi) is 4.11. The minimum Gasteiger partial charge on any atom is -0.346 e. The Balaban J connectivity index is 1.83. The molecule has 0 unspecified atom stereocenters. The van der Waals surface area contributed by atoms with Crippen LogP contribution >= 0.6 is 0 Å². The van der Waals surface area contributed by atoms with Crippen molar-refractivity contribution in [2.45, 2.75) is 45.6 Å². The first-order chi connectivity index (χ1) is 14.3. The van der Waals surface area contributed by atoms with Crippen LogP contribution in [-0.4, -0.2) is 15.9 Å². The number of fused-ring (bicyclic) bond motifs is 3. The van der Waals surface area contributed by atoms with Crippen molar-refractivity contribution in [2.75, 3.05) is 0 Å². The summed E-state index contributed by atoms with van der Waals surface area (Å²) < 4.78 is 0. The molecule has 0 bridgehead atoms. The number of benzene rings is 1. The molecule has 152 valence electrons. The molecule has 1 amide bonds. The Morgan fingerprint density at radius 1 is 1.03 bits per heavy atom. The Morgan fingerprint density at radius 2 is 1.77 bits per heavy atom. The fourth-order valence-electron chi connectivity index (χ4n) is 5.63. The van der Waals surface area contributed by atoms with Crippen LogP contribution in [0.3, 0.4) is 0 Å². The van der Waals surface area contributed by atoms with Crippen LogP contribution in [0.2, 0.25) is 0 Å². The number of aromatic nitrogens is 2. The molecule has 1 fully saturated rings. The molecule has 1 saturated carbocycles. The van der Waals surface area contributed by atoms with Crippen LogP contribution in [0.15, 0.2) is 60.9 Å². The van der Waals surface area contributed by atoms with Crippen molar-refractivity contribution in [1.82, 2.24) is 15.3 Å². The number of hydrogen-bond donors (Lipinski definition) is 1. The van der Waals surface area contributed by atoms with Gasteiger partial charge in [0.05, 0.1) is 16.9 Å². The van der Waals surface area contributed by atoms with E-state index in [0.29, 0.717) is 11.8 Å². The van der Waals surface area contributed by atoms with Crippen LogP contribution in [0.5, 0.6) is 0 Å². The molecule has 30 heavy (non-hydrogen) atoms. The van der Waals surface area contributed by atoms with Gasteiger partial charge in [-0.15, -0.1) is 0 Å². The van der Waals surface area contributed by atoms with E-state index >= 15 is 0 Å². The zero-order valence-electron chi connectivity index (χ0n) is 17.9. The lowest BCUT2D eigenvalue weighted by atomic mass is 9.77. The van der Waals surface area contributed by atoms with Gasteiger partial charge < -0.3 is 5.32 Å². The van der Waals surface area contributed by atoms with Crippen LogP contribution in [-0.2, 0) is 10.3 Å². The SMILES string of the molecule is CC(=O)N[C@@]1(C)C[C@H]2[C@@H](c3c1ncc(-c1ccccn1)c3-c1ccccc1)C2(C)C. The normalized spacial score (nSPS) is 25.7. The molecule has 4 nitrogen and oxygen atoms in total. The number of hydrogen-bond acceptors (Lipinski definition) is 3. The van der Waals surface area contributed by atoms with Gasteiger partial charge in [-0.2, -0.15) is 0 Å². The molecule has 0 spiro atoms. The summed E-state index contributed by atoms with van der Waals surface area (Å²) in [5.74, 6) is 0.933. The molecule has 2 aliphatic carbocycles. The first-order valence-corrected chi connectivity index (χ1v) is 10.6. The van der Waals surface area contributed by atoms with E-state index in [1.807, 2.05) is 36.7 Å². The topological polar surface area (TPSA) is 54.9 Å². The average molecular weight is 398 g/mol. The minimum atomic E-state index is -0.470. The van der Waals surface area contributed by atoms with Crippen molar-refractivity contribution in [2.24, 2.45) is 11.3 Å². The van der Waals surface area contributed by atoms with Crippen LogP contribution in [0.25, 0.3) is 22.4 Å². The molecule has 5 rings (SSSR count). The van der Waals surface area contributed by atoms with Crippen molar-refractivity contribution >= 4 is 5.91 Å². The van der Waals surface area contributed by atoms with Gasteiger partial charge in [-0.25, -0.2) is 0 Å². The lowest BCUT2D eigenvalue weighted by molar-refractivity contribution is -0.121. The third-order valence-electron chi connectivity index (χ3n) is 7.08. The van der Waals surface area contributed by atoms with Gasteiger partial charge in [0.1, 0.15) is 0 Å². The molecule has 2 heterocycles. The standard InChI is InChI=1S/C26H27N3O/c1-16(30)29-26(4)14-19-23(25(19,2)3)22-21(17-10-6-5-7-11-17)18(15-28-24(22)26)20-12-8-9-13-27-20/h5-13,15,19,23H,14H2,1-4H3,(H,29,30)/t19-,23-,26-/m0/s1. The molecule has 1 N–H and O–H groups in total. The van der Waals surface area contributed by atoms with E-state index in [2.05, 4.69) is 55.3 Å². The van der Waals surface area contributed by atoms with Crippen LogP contribution < -0.4 is 5.32 Å². The smallest absolute Gasteiger partial charge is 0.217 e. The van der Waals surface area contributed by atoms with Gasteiger partial charge in [-0.05, 0) is 59.4 Å². The number of carbonyl (C=O) groups is 1. The number of carbonyl (C=O) groups excluding carboxylic acids is 1. The third kappa shape index (κ3) is 2.78. The van der Waals surface area contributed by atoms with E-state index in [9.17, 15) is 4.79 Å². The number of rotatable bonds is 3. The van der Waals surface area contributed by atoms with Gasteiger partial charge in [0.15, 0.2) is 0 Å². The number of nitrogens with one attached hydrogen (secondary N) is 1.